The van der Waals surface area contributed by atoms with Gasteiger partial charge in [0.15, 0.2) is 0 Å². The molecule has 2 aliphatic rings. The molecule has 0 spiro atoms. The molecule has 3 amide bonds. The van der Waals surface area contributed by atoms with Gasteiger partial charge in [-0.25, -0.2) is 0 Å². The second-order valence-corrected chi connectivity index (χ2v) is 8.95. The minimum absolute atomic E-state index is 0.00865. The number of rotatable bonds is 6. The maximum Gasteiger partial charge on any atom is 0.416 e. The van der Waals surface area contributed by atoms with Crippen LogP contribution < -0.4 is 10.2 Å². The first kappa shape index (κ1) is 24.8. The molecule has 7 nitrogen and oxygen atoms in total. The molecule has 0 radical (unpaired) electrons. The standard InChI is InChI=1S/C27H24F3N3O4/c28-27(29,30)18-9-10-22(32-12-14-37-15-13-32)21(16-18)31-23(34)8-3-11-33-25(35)19-6-1-4-17-5-2-7-20(24(17)19)26(33)36/h1-2,4-7,9-10,16H,3,8,11-15H2,(H,31,34). The monoisotopic (exact) mass is 511 g/mol. The second-order valence-electron chi connectivity index (χ2n) is 8.95. The zero-order valence-corrected chi connectivity index (χ0v) is 19.8. The van der Waals surface area contributed by atoms with Crippen LogP contribution in [0.15, 0.2) is 54.6 Å². The van der Waals surface area contributed by atoms with Crippen molar-refractivity contribution < 1.29 is 32.3 Å². The largest absolute Gasteiger partial charge is 0.416 e. The molecule has 3 aromatic carbocycles. The molecule has 0 aromatic heterocycles. The van der Waals surface area contributed by atoms with Crippen molar-refractivity contribution in [2.75, 3.05) is 43.1 Å². The van der Waals surface area contributed by atoms with Crippen LogP contribution in [0, 0.1) is 0 Å². The van der Waals surface area contributed by atoms with Crippen LogP contribution in [0.1, 0.15) is 39.1 Å². The molecule has 5 rings (SSSR count). The van der Waals surface area contributed by atoms with Crippen LogP contribution in [0.5, 0.6) is 0 Å². The fraction of sp³-hybridized carbons (Fsp3) is 0.296. The van der Waals surface area contributed by atoms with Crippen molar-refractivity contribution in [1.82, 2.24) is 4.90 Å². The van der Waals surface area contributed by atoms with Gasteiger partial charge in [-0.05, 0) is 42.1 Å². The van der Waals surface area contributed by atoms with Gasteiger partial charge in [-0.2, -0.15) is 13.2 Å². The van der Waals surface area contributed by atoms with Crippen LogP contribution >= 0.6 is 0 Å². The molecular formula is C27H24F3N3O4. The molecular weight excluding hydrogens is 487 g/mol. The molecule has 2 heterocycles. The quantitative estimate of drug-likeness (QED) is 0.485. The van der Waals surface area contributed by atoms with E-state index in [9.17, 15) is 27.6 Å². The highest BCUT2D eigenvalue weighted by Gasteiger charge is 2.33. The fourth-order valence-corrected chi connectivity index (χ4v) is 4.79. The third-order valence-electron chi connectivity index (χ3n) is 6.59. The molecule has 1 N–H and O–H groups in total. The van der Waals surface area contributed by atoms with Crippen molar-refractivity contribution in [2.45, 2.75) is 19.0 Å². The van der Waals surface area contributed by atoms with Crippen molar-refractivity contribution in [1.29, 1.82) is 0 Å². The predicted octanol–water partition coefficient (Wildman–Crippen LogP) is 4.71. The van der Waals surface area contributed by atoms with Gasteiger partial charge in [-0.3, -0.25) is 19.3 Å². The summed E-state index contributed by atoms with van der Waals surface area (Å²) >= 11 is 0. The number of imide groups is 1. The smallest absolute Gasteiger partial charge is 0.378 e. The number of hydrogen-bond donors (Lipinski definition) is 1. The normalized spacial score (nSPS) is 15.9. The number of ether oxygens (including phenoxy) is 1. The SMILES string of the molecule is O=C(CCCN1C(=O)c2cccc3cccc(c23)C1=O)Nc1cc(C(F)(F)F)ccc1N1CCOCC1. The van der Waals surface area contributed by atoms with Crippen LogP contribution in [0.3, 0.4) is 0 Å². The molecule has 0 bridgehead atoms. The average molecular weight is 512 g/mol. The maximum absolute atomic E-state index is 13.3. The van der Waals surface area contributed by atoms with Gasteiger partial charge in [0.25, 0.3) is 11.8 Å². The van der Waals surface area contributed by atoms with Gasteiger partial charge >= 0.3 is 6.18 Å². The van der Waals surface area contributed by atoms with Crippen molar-refractivity contribution in [3.63, 3.8) is 0 Å². The highest BCUT2D eigenvalue weighted by atomic mass is 19.4. The number of halogens is 3. The Bertz CT molecular complexity index is 1330. The van der Waals surface area contributed by atoms with Gasteiger partial charge in [0.05, 0.1) is 30.2 Å². The minimum atomic E-state index is -4.56. The van der Waals surface area contributed by atoms with Crippen molar-refractivity contribution in [3.8, 4) is 0 Å². The minimum Gasteiger partial charge on any atom is -0.378 e. The fourth-order valence-electron chi connectivity index (χ4n) is 4.79. The Kier molecular flexibility index (Phi) is 6.59. The number of morpholine rings is 1. The van der Waals surface area contributed by atoms with Gasteiger partial charge in [-0.1, -0.05) is 24.3 Å². The summed E-state index contributed by atoms with van der Waals surface area (Å²) in [6.45, 7) is 1.85. The van der Waals surface area contributed by atoms with E-state index < -0.39 is 29.5 Å². The molecule has 37 heavy (non-hydrogen) atoms. The summed E-state index contributed by atoms with van der Waals surface area (Å²) in [7, 11) is 0. The molecule has 3 aromatic rings. The summed E-state index contributed by atoms with van der Waals surface area (Å²) in [6.07, 6.45) is -4.48. The first-order valence-electron chi connectivity index (χ1n) is 12.0. The average Bonchev–Trinajstić information content (AvgIpc) is 2.89. The van der Waals surface area contributed by atoms with Crippen LogP contribution in [-0.4, -0.2) is 55.5 Å². The molecule has 10 heteroatoms. The van der Waals surface area contributed by atoms with Crippen LogP contribution in [-0.2, 0) is 15.7 Å². The Balaban J connectivity index is 1.28. The maximum atomic E-state index is 13.3. The van der Waals surface area contributed by atoms with Gasteiger partial charge in [-0.15, -0.1) is 0 Å². The third-order valence-corrected chi connectivity index (χ3v) is 6.59. The summed E-state index contributed by atoms with van der Waals surface area (Å²) in [6, 6.07) is 13.8. The number of carbonyl (C=O) groups excluding carboxylic acids is 3. The Morgan fingerprint density at radius 3 is 2.22 bits per heavy atom. The zero-order valence-electron chi connectivity index (χ0n) is 19.8. The van der Waals surface area contributed by atoms with Crippen molar-refractivity contribution in [3.05, 3.63) is 71.3 Å². The summed E-state index contributed by atoms with van der Waals surface area (Å²) in [5.74, 6) is -1.36. The Morgan fingerprint density at radius 1 is 0.946 bits per heavy atom. The molecule has 0 atom stereocenters. The predicted molar refractivity (Wildman–Crippen MR) is 132 cm³/mol. The highest BCUT2D eigenvalue weighted by Crippen LogP contribution is 2.36. The number of carbonyl (C=O) groups is 3. The van der Waals surface area contributed by atoms with Crippen LogP contribution in [0.25, 0.3) is 10.8 Å². The molecule has 192 valence electrons. The lowest BCUT2D eigenvalue weighted by Crippen LogP contribution is -2.41. The van der Waals surface area contributed by atoms with Crippen molar-refractivity contribution >= 4 is 39.9 Å². The van der Waals surface area contributed by atoms with E-state index in [0.29, 0.717) is 48.5 Å². The molecule has 0 unspecified atom stereocenters. The lowest BCUT2D eigenvalue weighted by atomic mass is 9.94. The zero-order chi connectivity index (χ0) is 26.2. The Hall–Kier alpha value is -3.92. The molecule has 0 saturated carbocycles. The number of amides is 3. The summed E-state index contributed by atoms with van der Waals surface area (Å²) in [4.78, 5) is 41.8. The van der Waals surface area contributed by atoms with Gasteiger partial charge < -0.3 is 15.0 Å². The van der Waals surface area contributed by atoms with E-state index in [1.165, 1.54) is 6.07 Å². The highest BCUT2D eigenvalue weighted by molar-refractivity contribution is 6.25. The first-order valence-corrected chi connectivity index (χ1v) is 12.0. The van der Waals surface area contributed by atoms with Crippen LogP contribution in [0.2, 0.25) is 0 Å². The van der Waals surface area contributed by atoms with E-state index in [-0.39, 0.29) is 25.1 Å². The van der Waals surface area contributed by atoms with E-state index in [4.69, 9.17) is 4.74 Å². The lowest BCUT2D eigenvalue weighted by molar-refractivity contribution is -0.137. The molecule has 0 aliphatic carbocycles. The third kappa shape index (κ3) is 4.89. The molecule has 1 saturated heterocycles. The summed E-state index contributed by atoms with van der Waals surface area (Å²) in [5, 5.41) is 4.02. The number of alkyl halides is 3. The van der Waals surface area contributed by atoms with Gasteiger partial charge in [0.1, 0.15) is 0 Å². The molecule has 1 fully saturated rings. The van der Waals surface area contributed by atoms with Crippen LogP contribution in [0.4, 0.5) is 24.5 Å². The van der Waals surface area contributed by atoms with E-state index in [1.807, 2.05) is 17.0 Å². The molecule has 2 aliphatic heterocycles. The lowest BCUT2D eigenvalue weighted by Gasteiger charge is -2.31. The Morgan fingerprint density at radius 2 is 1.59 bits per heavy atom. The number of nitrogens with zero attached hydrogens (tertiary/aromatic N) is 2. The van der Waals surface area contributed by atoms with E-state index in [0.717, 1.165) is 22.4 Å². The van der Waals surface area contributed by atoms with E-state index >= 15 is 0 Å². The van der Waals surface area contributed by atoms with E-state index in [1.54, 1.807) is 24.3 Å². The number of anilines is 2. The number of benzene rings is 3. The second kappa shape index (κ2) is 9.85. The van der Waals surface area contributed by atoms with Crippen molar-refractivity contribution in [2.24, 2.45) is 0 Å². The summed E-state index contributed by atoms with van der Waals surface area (Å²) < 4.78 is 45.3. The Labute approximate surface area is 210 Å². The van der Waals surface area contributed by atoms with E-state index in [2.05, 4.69) is 5.32 Å². The topological polar surface area (TPSA) is 79.0 Å². The van der Waals surface area contributed by atoms with Gasteiger partial charge in [0, 0.05) is 42.6 Å². The first-order chi connectivity index (χ1) is 17.7. The number of hydrogen-bond acceptors (Lipinski definition) is 5. The number of nitrogens with one attached hydrogen (secondary N) is 1. The summed E-state index contributed by atoms with van der Waals surface area (Å²) in [5.41, 5.74) is 0.535. The van der Waals surface area contributed by atoms with Gasteiger partial charge in [0.2, 0.25) is 5.91 Å².